The van der Waals surface area contributed by atoms with Crippen LogP contribution >= 0.6 is 0 Å². The molecule has 23 heavy (non-hydrogen) atoms. The van der Waals surface area contributed by atoms with Crippen molar-refractivity contribution in [2.45, 2.75) is 32.1 Å². The highest BCUT2D eigenvalue weighted by Crippen LogP contribution is 2.16. The lowest BCUT2D eigenvalue weighted by Gasteiger charge is -2.10. The summed E-state index contributed by atoms with van der Waals surface area (Å²) in [7, 11) is -3.60. The van der Waals surface area contributed by atoms with Crippen LogP contribution in [0.5, 0.6) is 0 Å². The van der Waals surface area contributed by atoms with E-state index in [0.717, 1.165) is 24.2 Å². The molecule has 0 spiro atoms. The predicted octanol–water partition coefficient (Wildman–Crippen LogP) is 3.65. The number of aryl methyl sites for hydroxylation is 1. The van der Waals surface area contributed by atoms with Crippen molar-refractivity contribution < 1.29 is 8.42 Å². The van der Waals surface area contributed by atoms with Crippen molar-refractivity contribution in [3.8, 4) is 0 Å². The van der Waals surface area contributed by atoms with Crippen molar-refractivity contribution in [1.29, 1.82) is 0 Å². The van der Waals surface area contributed by atoms with Crippen LogP contribution in [-0.4, -0.2) is 19.9 Å². The van der Waals surface area contributed by atoms with Crippen molar-refractivity contribution in [2.75, 3.05) is 16.6 Å². The van der Waals surface area contributed by atoms with Gasteiger partial charge in [0.15, 0.2) is 0 Å². The highest BCUT2D eigenvalue weighted by atomic mass is 32.2. The zero-order valence-corrected chi connectivity index (χ0v) is 14.5. The molecule has 0 aliphatic rings. The summed E-state index contributed by atoms with van der Waals surface area (Å²) in [5, 5.41) is 3.26. The van der Waals surface area contributed by atoms with Gasteiger partial charge in [0.1, 0.15) is 5.82 Å². The lowest BCUT2D eigenvalue weighted by atomic mass is 10.1. The fourth-order valence-corrected chi connectivity index (χ4v) is 2.99. The fraction of sp³-hybridized carbons (Fsp3) is 0.353. The summed E-state index contributed by atoms with van der Waals surface area (Å²) in [5.74, 6) is 0.941. The maximum absolute atomic E-state index is 12.3. The molecular weight excluding hydrogens is 310 g/mol. The summed E-state index contributed by atoms with van der Waals surface area (Å²) in [6.45, 7) is 7.12. The maximum atomic E-state index is 12.3. The topological polar surface area (TPSA) is 71.1 Å². The molecule has 2 rings (SSSR count). The quantitative estimate of drug-likeness (QED) is 0.811. The van der Waals surface area contributed by atoms with Crippen molar-refractivity contribution in [2.24, 2.45) is 5.92 Å². The molecule has 124 valence electrons. The van der Waals surface area contributed by atoms with Gasteiger partial charge in [-0.05, 0) is 43.5 Å². The first kappa shape index (κ1) is 17.3. The normalized spacial score (nSPS) is 11.5. The van der Waals surface area contributed by atoms with Gasteiger partial charge in [-0.25, -0.2) is 13.4 Å². The molecule has 1 heterocycles. The number of pyridine rings is 1. The number of rotatable bonds is 7. The van der Waals surface area contributed by atoms with E-state index in [1.165, 1.54) is 0 Å². The molecule has 1 aromatic heterocycles. The van der Waals surface area contributed by atoms with Crippen molar-refractivity contribution >= 4 is 21.5 Å². The van der Waals surface area contributed by atoms with Crippen molar-refractivity contribution in [1.82, 2.24) is 4.98 Å². The third-order valence-electron chi connectivity index (χ3n) is 3.38. The standard InChI is InChI=1S/C17H23N3O2S/c1-13(2)10-11-18-15-6-9-17(19-12-15)20-23(21,22)16-7-4-14(3)5-8-16/h4-9,12-13,18H,10-11H2,1-3H3,(H,19,20). The molecule has 2 N–H and O–H groups in total. The van der Waals surface area contributed by atoms with Crippen LogP contribution in [0.3, 0.4) is 0 Å². The number of hydrogen-bond donors (Lipinski definition) is 2. The Labute approximate surface area is 138 Å². The van der Waals surface area contributed by atoms with E-state index in [4.69, 9.17) is 0 Å². The van der Waals surface area contributed by atoms with Crippen LogP contribution in [0, 0.1) is 12.8 Å². The lowest BCUT2D eigenvalue weighted by molar-refractivity contribution is 0.601. The monoisotopic (exact) mass is 333 g/mol. The Bertz CT molecular complexity index is 723. The summed E-state index contributed by atoms with van der Waals surface area (Å²) in [4.78, 5) is 4.38. The van der Waals surface area contributed by atoms with Gasteiger partial charge in [0.25, 0.3) is 10.0 Å². The average Bonchev–Trinajstić information content (AvgIpc) is 2.49. The van der Waals surface area contributed by atoms with Crippen LogP contribution in [0.25, 0.3) is 0 Å². The van der Waals surface area contributed by atoms with Gasteiger partial charge in [-0.1, -0.05) is 31.5 Å². The van der Waals surface area contributed by atoms with Crippen LogP contribution in [-0.2, 0) is 10.0 Å². The number of aromatic nitrogens is 1. The molecule has 0 saturated carbocycles. The molecule has 5 nitrogen and oxygen atoms in total. The van der Waals surface area contributed by atoms with Gasteiger partial charge < -0.3 is 5.32 Å². The molecule has 0 bridgehead atoms. The summed E-state index contributed by atoms with van der Waals surface area (Å²) in [6.07, 6.45) is 2.70. The van der Waals surface area contributed by atoms with Gasteiger partial charge in [-0.3, -0.25) is 4.72 Å². The Morgan fingerprint density at radius 3 is 2.35 bits per heavy atom. The number of benzene rings is 1. The van der Waals surface area contributed by atoms with Crippen molar-refractivity contribution in [3.63, 3.8) is 0 Å². The third kappa shape index (κ3) is 5.25. The fourth-order valence-electron chi connectivity index (χ4n) is 1.98. The molecule has 0 saturated heterocycles. The van der Waals surface area contributed by atoms with Crippen LogP contribution in [0.15, 0.2) is 47.5 Å². The second-order valence-electron chi connectivity index (χ2n) is 5.96. The molecule has 0 unspecified atom stereocenters. The van der Waals surface area contributed by atoms with Crippen LogP contribution in [0.4, 0.5) is 11.5 Å². The van der Waals surface area contributed by atoms with Gasteiger partial charge >= 0.3 is 0 Å². The number of sulfonamides is 1. The van der Waals surface area contributed by atoms with Crippen LogP contribution < -0.4 is 10.0 Å². The highest BCUT2D eigenvalue weighted by molar-refractivity contribution is 7.92. The lowest BCUT2D eigenvalue weighted by Crippen LogP contribution is -2.14. The minimum absolute atomic E-state index is 0.226. The van der Waals surface area contributed by atoms with Crippen LogP contribution in [0.1, 0.15) is 25.8 Å². The molecular formula is C17H23N3O2S. The number of nitrogens with one attached hydrogen (secondary N) is 2. The molecule has 0 atom stereocenters. The molecule has 0 amide bonds. The van der Waals surface area contributed by atoms with E-state index in [1.807, 2.05) is 13.0 Å². The first-order valence-electron chi connectivity index (χ1n) is 7.66. The van der Waals surface area contributed by atoms with E-state index in [1.54, 1.807) is 36.5 Å². The Morgan fingerprint density at radius 2 is 1.78 bits per heavy atom. The van der Waals surface area contributed by atoms with Gasteiger partial charge in [0.2, 0.25) is 0 Å². The highest BCUT2D eigenvalue weighted by Gasteiger charge is 2.14. The summed E-state index contributed by atoms with van der Waals surface area (Å²) < 4.78 is 27.0. The summed E-state index contributed by atoms with van der Waals surface area (Å²) in [5.41, 5.74) is 1.89. The number of anilines is 2. The maximum Gasteiger partial charge on any atom is 0.263 e. The van der Waals surface area contributed by atoms with E-state index in [0.29, 0.717) is 11.7 Å². The van der Waals surface area contributed by atoms with Gasteiger partial charge in [0, 0.05) is 6.54 Å². The Balaban J connectivity index is 2.01. The molecule has 1 aromatic carbocycles. The molecule has 0 fully saturated rings. The molecule has 6 heteroatoms. The second-order valence-corrected chi connectivity index (χ2v) is 7.64. The first-order valence-corrected chi connectivity index (χ1v) is 9.14. The SMILES string of the molecule is Cc1ccc(S(=O)(=O)Nc2ccc(NCCC(C)C)cn2)cc1. The van der Waals surface area contributed by atoms with Gasteiger partial charge in [-0.2, -0.15) is 0 Å². The molecule has 0 radical (unpaired) electrons. The summed E-state index contributed by atoms with van der Waals surface area (Å²) >= 11 is 0. The van der Waals surface area contributed by atoms with Gasteiger partial charge in [-0.15, -0.1) is 0 Å². The predicted molar refractivity (Wildman–Crippen MR) is 94.2 cm³/mol. The van der Waals surface area contributed by atoms with Crippen molar-refractivity contribution in [3.05, 3.63) is 48.2 Å². The third-order valence-corrected chi connectivity index (χ3v) is 4.76. The second kappa shape index (κ2) is 7.46. The zero-order chi connectivity index (χ0) is 16.9. The van der Waals surface area contributed by atoms with Crippen LogP contribution in [0.2, 0.25) is 0 Å². The Kier molecular flexibility index (Phi) is 5.60. The number of hydrogen-bond acceptors (Lipinski definition) is 4. The minimum atomic E-state index is -3.60. The minimum Gasteiger partial charge on any atom is -0.384 e. The first-order chi connectivity index (χ1) is 10.9. The van der Waals surface area contributed by atoms with Gasteiger partial charge in [0.05, 0.1) is 16.8 Å². The zero-order valence-electron chi connectivity index (χ0n) is 13.7. The number of nitrogens with zero attached hydrogens (tertiary/aromatic N) is 1. The molecule has 0 aliphatic carbocycles. The van der Waals surface area contributed by atoms with E-state index < -0.39 is 10.0 Å². The van der Waals surface area contributed by atoms with E-state index in [9.17, 15) is 8.42 Å². The average molecular weight is 333 g/mol. The van der Waals surface area contributed by atoms with E-state index >= 15 is 0 Å². The Hall–Kier alpha value is -2.08. The molecule has 0 aliphatic heterocycles. The molecule has 2 aromatic rings. The summed E-state index contributed by atoms with van der Waals surface area (Å²) in [6, 6.07) is 10.2. The smallest absolute Gasteiger partial charge is 0.263 e. The Morgan fingerprint density at radius 1 is 1.09 bits per heavy atom. The van der Waals surface area contributed by atoms with E-state index in [2.05, 4.69) is 28.9 Å². The largest absolute Gasteiger partial charge is 0.384 e. The van der Waals surface area contributed by atoms with E-state index in [-0.39, 0.29) is 4.90 Å².